The topological polar surface area (TPSA) is 104 Å². The average molecular weight is 750 g/mol. The van der Waals surface area contributed by atoms with Crippen molar-refractivity contribution in [1.82, 2.24) is 29.0 Å². The molecule has 1 unspecified atom stereocenters. The van der Waals surface area contributed by atoms with E-state index in [4.69, 9.17) is 4.74 Å². The van der Waals surface area contributed by atoms with Crippen LogP contribution in [0.15, 0.2) is 124 Å². The van der Waals surface area contributed by atoms with Gasteiger partial charge in [-0.25, -0.2) is 4.68 Å². The van der Waals surface area contributed by atoms with Crippen molar-refractivity contribution < 1.29 is 14.3 Å². The van der Waals surface area contributed by atoms with Crippen LogP contribution in [0.4, 0.5) is 0 Å². The van der Waals surface area contributed by atoms with Crippen molar-refractivity contribution >= 4 is 39.6 Å². The number of ether oxygens (including phenoxy) is 1. The fourth-order valence-electron chi connectivity index (χ4n) is 6.36. The zero-order chi connectivity index (χ0) is 34.8. The number of fused-ring (bicyclic) bond motifs is 1. The fraction of sp³-hybridized carbons (Fsp3) is 0.184. The molecule has 12 heteroatoms. The second-order valence-corrected chi connectivity index (χ2v) is 13.7. The van der Waals surface area contributed by atoms with Crippen molar-refractivity contribution in [3.63, 3.8) is 0 Å². The van der Waals surface area contributed by atoms with Crippen LogP contribution in [0.5, 0.6) is 0 Å². The molecule has 1 aliphatic heterocycles. The molecule has 0 saturated carbocycles. The molecular formula is C38H33BrN6O4S. The Morgan fingerprint density at radius 2 is 1.58 bits per heavy atom. The molecule has 1 amide bonds. The molecule has 252 valence electrons. The normalized spacial score (nSPS) is 14.0. The Morgan fingerprint density at radius 3 is 2.34 bits per heavy atom. The maximum absolute atomic E-state index is 14.1. The molecule has 1 atom stereocenters. The highest BCUT2D eigenvalue weighted by atomic mass is 79.9. The summed E-state index contributed by atoms with van der Waals surface area (Å²) in [6, 6.07) is 35.2. The van der Waals surface area contributed by atoms with E-state index >= 15 is 0 Å². The van der Waals surface area contributed by atoms with Gasteiger partial charge in [-0.2, -0.15) is 0 Å². The predicted molar refractivity (Wildman–Crippen MR) is 196 cm³/mol. The lowest BCUT2D eigenvalue weighted by Crippen LogP contribution is -2.40. The molecule has 0 radical (unpaired) electrons. The monoisotopic (exact) mass is 748 g/mol. The molecule has 10 nitrogen and oxygen atoms in total. The lowest BCUT2D eigenvalue weighted by atomic mass is 9.84. The van der Waals surface area contributed by atoms with E-state index in [1.807, 2.05) is 105 Å². The molecular weight excluding hydrogens is 716 g/mol. The van der Waals surface area contributed by atoms with Gasteiger partial charge in [-0.05, 0) is 41.8 Å². The highest BCUT2D eigenvalue weighted by Gasteiger charge is 2.30. The summed E-state index contributed by atoms with van der Waals surface area (Å²) in [6.45, 7) is 2.42. The van der Waals surface area contributed by atoms with E-state index in [0.29, 0.717) is 41.1 Å². The van der Waals surface area contributed by atoms with Crippen molar-refractivity contribution in [2.24, 2.45) is 7.05 Å². The summed E-state index contributed by atoms with van der Waals surface area (Å²) in [5.74, 6) is -0.527. The Labute approximate surface area is 301 Å². The number of nitrogens with zero attached hydrogens (tertiary/aromatic N) is 6. The summed E-state index contributed by atoms with van der Waals surface area (Å²) in [5.41, 5.74) is 5.61. The first kappa shape index (κ1) is 33.3. The molecule has 2 aromatic heterocycles. The quantitative estimate of drug-likeness (QED) is 0.126. The maximum atomic E-state index is 14.1. The molecule has 4 aromatic carbocycles. The molecule has 3 heterocycles. The summed E-state index contributed by atoms with van der Waals surface area (Å²) in [4.78, 5) is 42.3. The highest BCUT2D eigenvalue weighted by Crippen LogP contribution is 2.34. The third-order valence-electron chi connectivity index (χ3n) is 8.92. The number of amides is 1. The number of halogens is 1. The minimum Gasteiger partial charge on any atom is -0.455 e. The molecule has 0 saturated heterocycles. The molecule has 7 rings (SSSR count). The van der Waals surface area contributed by atoms with Crippen LogP contribution in [0.25, 0.3) is 22.8 Å². The number of benzene rings is 4. The van der Waals surface area contributed by atoms with E-state index in [1.165, 1.54) is 5.56 Å². The molecule has 6 aromatic rings. The maximum Gasteiger partial charge on any atom is 0.316 e. The van der Waals surface area contributed by atoms with Crippen LogP contribution in [0, 0.1) is 6.92 Å². The van der Waals surface area contributed by atoms with Gasteiger partial charge < -0.3 is 9.64 Å². The predicted octanol–water partition coefficient (Wildman–Crippen LogP) is 6.30. The molecule has 50 heavy (non-hydrogen) atoms. The largest absolute Gasteiger partial charge is 0.455 e. The minimum absolute atomic E-state index is 0.0227. The van der Waals surface area contributed by atoms with Gasteiger partial charge >= 0.3 is 5.97 Å². The van der Waals surface area contributed by atoms with E-state index in [1.54, 1.807) is 18.8 Å². The Kier molecular flexibility index (Phi) is 9.55. The van der Waals surface area contributed by atoms with Gasteiger partial charge in [0.1, 0.15) is 5.69 Å². The number of thioether (sulfide) groups is 1. The molecule has 0 N–H and O–H groups in total. The second-order valence-electron chi connectivity index (χ2n) is 11.9. The zero-order valence-corrected chi connectivity index (χ0v) is 29.8. The van der Waals surface area contributed by atoms with E-state index in [0.717, 1.165) is 32.9 Å². The van der Waals surface area contributed by atoms with E-state index in [2.05, 4.69) is 44.3 Å². The SMILES string of the molecule is Cc1c(-n2c(SCC(=O)OCC(=O)N3Cc4ccccc4C(c4ccccc4)C3)nnc2-c2ccccc2Br)c(=O)n(-c2ccccc2)n1C. The van der Waals surface area contributed by atoms with Crippen LogP contribution >= 0.6 is 27.7 Å². The second kappa shape index (κ2) is 14.3. The van der Waals surface area contributed by atoms with Crippen LogP contribution < -0.4 is 5.56 Å². The van der Waals surface area contributed by atoms with Crippen LogP contribution in [-0.2, 0) is 27.9 Å². The van der Waals surface area contributed by atoms with E-state index in [9.17, 15) is 14.4 Å². The van der Waals surface area contributed by atoms with Gasteiger partial charge in [0.2, 0.25) is 0 Å². The summed E-state index contributed by atoms with van der Waals surface area (Å²) < 4.78 is 11.3. The number of hydrogen-bond donors (Lipinski definition) is 0. The summed E-state index contributed by atoms with van der Waals surface area (Å²) in [5, 5.41) is 9.23. The number of para-hydroxylation sites is 1. The first-order valence-corrected chi connectivity index (χ1v) is 17.8. The van der Waals surface area contributed by atoms with Crippen molar-refractivity contribution in [2.45, 2.75) is 24.5 Å². The third-order valence-corrected chi connectivity index (χ3v) is 10.5. The third kappa shape index (κ3) is 6.44. The standard InChI is InChI=1S/C38H33BrN6O4S/c1-25-35(37(48)45(42(25)2)28-16-7-4-8-17-28)44-36(30-19-11-12-20-32(30)39)40-41-38(44)50-24-34(47)49-23-33(46)43-21-27-15-9-10-18-29(27)31(22-43)26-13-5-3-6-14-26/h3-20,31H,21-24H2,1-2H3. The van der Waals surface area contributed by atoms with Crippen molar-refractivity contribution in [2.75, 3.05) is 18.9 Å². The van der Waals surface area contributed by atoms with Crippen LogP contribution in [0.2, 0.25) is 0 Å². The van der Waals surface area contributed by atoms with Crippen LogP contribution in [0.3, 0.4) is 0 Å². The molecule has 0 aliphatic carbocycles. The van der Waals surface area contributed by atoms with Gasteiger partial charge in [0.15, 0.2) is 17.6 Å². The van der Waals surface area contributed by atoms with Crippen LogP contribution in [-0.4, -0.2) is 59.8 Å². The Morgan fingerprint density at radius 1 is 0.900 bits per heavy atom. The van der Waals surface area contributed by atoms with Gasteiger partial charge in [-0.1, -0.05) is 119 Å². The molecule has 0 bridgehead atoms. The van der Waals surface area contributed by atoms with Gasteiger partial charge in [0.05, 0.1) is 17.1 Å². The number of carbonyl (C=O) groups excluding carboxylic acids is 2. The average Bonchev–Trinajstić information content (AvgIpc) is 3.65. The van der Waals surface area contributed by atoms with E-state index in [-0.39, 0.29) is 29.7 Å². The number of hydrogen-bond acceptors (Lipinski definition) is 7. The fourth-order valence-corrected chi connectivity index (χ4v) is 7.56. The van der Waals surface area contributed by atoms with Gasteiger partial charge in [-0.3, -0.25) is 23.6 Å². The molecule has 0 fully saturated rings. The Balaban J connectivity index is 1.11. The van der Waals surface area contributed by atoms with Crippen molar-refractivity contribution in [1.29, 1.82) is 0 Å². The Hall–Kier alpha value is -5.20. The number of carbonyl (C=O) groups is 2. The van der Waals surface area contributed by atoms with Crippen molar-refractivity contribution in [3.05, 3.63) is 146 Å². The summed E-state index contributed by atoms with van der Waals surface area (Å²) in [6.07, 6.45) is 0. The Bertz CT molecular complexity index is 2250. The van der Waals surface area contributed by atoms with Gasteiger partial charge in [0, 0.05) is 36.1 Å². The number of rotatable bonds is 9. The lowest BCUT2D eigenvalue weighted by Gasteiger charge is -2.35. The summed E-state index contributed by atoms with van der Waals surface area (Å²) >= 11 is 4.70. The van der Waals surface area contributed by atoms with Crippen LogP contribution in [0.1, 0.15) is 28.3 Å². The molecule has 0 spiro atoms. The highest BCUT2D eigenvalue weighted by molar-refractivity contribution is 9.10. The zero-order valence-electron chi connectivity index (χ0n) is 27.4. The minimum atomic E-state index is -0.580. The summed E-state index contributed by atoms with van der Waals surface area (Å²) in [7, 11) is 1.82. The van der Waals surface area contributed by atoms with Crippen molar-refractivity contribution in [3.8, 4) is 22.8 Å². The first-order chi connectivity index (χ1) is 24.3. The van der Waals surface area contributed by atoms with Gasteiger partial charge in [-0.15, -0.1) is 10.2 Å². The lowest BCUT2D eigenvalue weighted by molar-refractivity contribution is -0.150. The molecule has 1 aliphatic rings. The smallest absolute Gasteiger partial charge is 0.316 e. The number of esters is 1. The van der Waals surface area contributed by atoms with E-state index < -0.39 is 5.97 Å². The van der Waals surface area contributed by atoms with Gasteiger partial charge in [0.25, 0.3) is 11.5 Å². The number of aromatic nitrogens is 5. The first-order valence-electron chi connectivity index (χ1n) is 16.1.